The lowest BCUT2D eigenvalue weighted by Gasteiger charge is -2.32. The van der Waals surface area contributed by atoms with Crippen LogP contribution in [0.15, 0.2) is 0 Å². The molecule has 0 aromatic rings. The number of aliphatic carboxylic acids is 2. The minimum atomic E-state index is -1.63. The fourth-order valence-electron chi connectivity index (χ4n) is 1.34. The van der Waals surface area contributed by atoms with Gasteiger partial charge in [-0.1, -0.05) is 13.8 Å². The highest BCUT2D eigenvalue weighted by atomic mass is 16.4. The van der Waals surface area contributed by atoms with Crippen LogP contribution in [0, 0.1) is 0 Å². The van der Waals surface area contributed by atoms with Crippen molar-refractivity contribution in [1.29, 1.82) is 0 Å². The van der Waals surface area contributed by atoms with E-state index in [2.05, 4.69) is 0 Å². The molecule has 0 saturated carbocycles. The molecule has 0 rings (SSSR count). The second kappa shape index (κ2) is 6.37. The Morgan fingerprint density at radius 2 is 1.43 bits per heavy atom. The molecule has 0 N–H and O–H groups in total. The Morgan fingerprint density at radius 3 is 1.64 bits per heavy atom. The van der Waals surface area contributed by atoms with Gasteiger partial charge < -0.3 is 19.8 Å². The average Bonchev–Trinajstić information content (AvgIpc) is 2.03. The molecule has 14 heavy (non-hydrogen) atoms. The van der Waals surface area contributed by atoms with E-state index in [9.17, 15) is 19.8 Å². The molecule has 0 unspecified atom stereocenters. The largest absolute Gasteiger partial charge is 0.548 e. The third-order valence-electron chi connectivity index (χ3n) is 1.83. The first-order valence-corrected chi connectivity index (χ1v) is 4.70. The summed E-state index contributed by atoms with van der Waals surface area (Å²) in [5.74, 6) is -3.21. The molecule has 82 valence electrons. The van der Waals surface area contributed by atoms with Crippen LogP contribution >= 0.6 is 0 Å². The lowest BCUT2D eigenvalue weighted by Crippen LogP contribution is -2.57. The van der Waals surface area contributed by atoms with Crippen molar-refractivity contribution >= 4 is 11.9 Å². The first kappa shape index (κ1) is 12.9. The van der Waals surface area contributed by atoms with E-state index in [1.54, 1.807) is 0 Å². The Hall–Kier alpha value is -1.10. The smallest absolute Gasteiger partial charge is 0.0895 e. The Bertz CT molecular complexity index is 185. The van der Waals surface area contributed by atoms with E-state index < -0.39 is 18.0 Å². The Kier molecular flexibility index (Phi) is 5.87. The van der Waals surface area contributed by atoms with Crippen molar-refractivity contribution < 1.29 is 19.8 Å². The summed E-state index contributed by atoms with van der Waals surface area (Å²) in [4.78, 5) is 22.5. The number of nitrogens with zero attached hydrogens (tertiary/aromatic N) is 1. The maximum Gasteiger partial charge on any atom is 0.0895 e. The van der Waals surface area contributed by atoms with Crippen LogP contribution < -0.4 is 10.2 Å². The quantitative estimate of drug-likeness (QED) is 0.444. The number of rotatable bonds is 7. The van der Waals surface area contributed by atoms with Crippen molar-refractivity contribution in [2.24, 2.45) is 0 Å². The first-order valence-electron chi connectivity index (χ1n) is 4.70. The topological polar surface area (TPSA) is 83.5 Å². The number of carboxylic acids is 2. The number of carboxylic acid groups (broad SMARTS) is 2. The highest BCUT2D eigenvalue weighted by molar-refractivity contribution is 5.95. The van der Waals surface area contributed by atoms with E-state index in [1.807, 2.05) is 13.8 Å². The van der Waals surface area contributed by atoms with Crippen LogP contribution in [0.5, 0.6) is 0 Å². The summed E-state index contributed by atoms with van der Waals surface area (Å²) < 4.78 is 0. The second-order valence-corrected chi connectivity index (χ2v) is 3.08. The third kappa shape index (κ3) is 3.74. The van der Waals surface area contributed by atoms with Crippen molar-refractivity contribution in [1.82, 2.24) is 4.90 Å². The molecule has 0 saturated heterocycles. The third-order valence-corrected chi connectivity index (χ3v) is 1.83. The second-order valence-electron chi connectivity index (χ2n) is 3.08. The van der Waals surface area contributed by atoms with Crippen molar-refractivity contribution in [2.45, 2.75) is 32.7 Å². The molecule has 5 nitrogen and oxygen atoms in total. The molecule has 0 amide bonds. The molecule has 0 heterocycles. The monoisotopic (exact) mass is 201 g/mol. The molecule has 0 aromatic carbocycles. The maximum absolute atomic E-state index is 10.6. The minimum absolute atomic E-state index is 0.417. The lowest BCUT2D eigenvalue weighted by atomic mass is 10.2. The van der Waals surface area contributed by atoms with Crippen molar-refractivity contribution in [2.75, 3.05) is 13.1 Å². The molecule has 5 heteroatoms. The average molecular weight is 201 g/mol. The SMILES string of the molecule is CCCN(CCC)C(C(=O)[O-])C(=O)[O-]. The van der Waals surface area contributed by atoms with Crippen LogP contribution in [0.3, 0.4) is 0 Å². The number of carbonyl (C=O) groups is 2. The van der Waals surface area contributed by atoms with Gasteiger partial charge in [-0.25, -0.2) is 0 Å². The van der Waals surface area contributed by atoms with E-state index in [-0.39, 0.29) is 0 Å². The van der Waals surface area contributed by atoms with Gasteiger partial charge in [0.15, 0.2) is 0 Å². The summed E-state index contributed by atoms with van der Waals surface area (Å²) in [6, 6.07) is -1.63. The van der Waals surface area contributed by atoms with E-state index in [0.717, 1.165) is 0 Å². The molecular formula is C9H15NO4-2. The zero-order chi connectivity index (χ0) is 11.1. The minimum Gasteiger partial charge on any atom is -0.548 e. The first-order chi connectivity index (χ1) is 6.54. The van der Waals surface area contributed by atoms with Crippen molar-refractivity contribution in [3.8, 4) is 0 Å². The van der Waals surface area contributed by atoms with Crippen molar-refractivity contribution in [3.63, 3.8) is 0 Å². The Labute approximate surface area is 83.3 Å². The Balaban J connectivity index is 4.54. The molecule has 0 fully saturated rings. The number of carbonyl (C=O) groups excluding carboxylic acids is 2. The summed E-state index contributed by atoms with van der Waals surface area (Å²) in [5.41, 5.74) is 0. The zero-order valence-corrected chi connectivity index (χ0v) is 8.49. The summed E-state index contributed by atoms with van der Waals surface area (Å²) in [6.45, 7) is 4.54. The lowest BCUT2D eigenvalue weighted by molar-refractivity contribution is -0.331. The molecular weight excluding hydrogens is 186 g/mol. The molecule has 0 radical (unpaired) electrons. The fourth-order valence-corrected chi connectivity index (χ4v) is 1.34. The fraction of sp³-hybridized carbons (Fsp3) is 0.778. The molecule has 0 aliphatic rings. The zero-order valence-electron chi connectivity index (χ0n) is 8.49. The van der Waals surface area contributed by atoms with Crippen LogP contribution in [0.25, 0.3) is 0 Å². The molecule has 0 bridgehead atoms. The van der Waals surface area contributed by atoms with Gasteiger partial charge in [-0.2, -0.15) is 0 Å². The molecule has 0 spiro atoms. The van der Waals surface area contributed by atoms with Crippen molar-refractivity contribution in [3.05, 3.63) is 0 Å². The van der Waals surface area contributed by atoms with Gasteiger partial charge in [0.25, 0.3) is 0 Å². The number of hydrogen-bond donors (Lipinski definition) is 0. The van der Waals surface area contributed by atoms with E-state index >= 15 is 0 Å². The van der Waals surface area contributed by atoms with Gasteiger partial charge >= 0.3 is 0 Å². The van der Waals surface area contributed by atoms with Gasteiger partial charge in [-0.05, 0) is 25.9 Å². The van der Waals surface area contributed by atoms with Crippen LogP contribution in [-0.2, 0) is 9.59 Å². The van der Waals surface area contributed by atoms with Gasteiger partial charge in [0.1, 0.15) is 0 Å². The standard InChI is InChI=1S/C9H17NO4/c1-3-5-10(6-4-2)7(8(11)12)9(13)14/h7H,3-6H2,1-2H3,(H,11,12)(H,13,14)/p-2. The van der Waals surface area contributed by atoms with Crippen LogP contribution in [-0.4, -0.2) is 36.0 Å². The summed E-state index contributed by atoms with van der Waals surface area (Å²) in [5, 5.41) is 21.1. The normalized spacial score (nSPS) is 10.9. The summed E-state index contributed by atoms with van der Waals surface area (Å²) in [6.07, 6.45) is 1.38. The summed E-state index contributed by atoms with van der Waals surface area (Å²) in [7, 11) is 0. The van der Waals surface area contributed by atoms with Gasteiger partial charge in [-0.15, -0.1) is 0 Å². The van der Waals surface area contributed by atoms with Crippen LogP contribution in [0.1, 0.15) is 26.7 Å². The molecule has 0 aliphatic carbocycles. The predicted molar refractivity (Wildman–Crippen MR) is 46.0 cm³/mol. The van der Waals surface area contributed by atoms with Gasteiger partial charge in [0, 0.05) is 0 Å². The van der Waals surface area contributed by atoms with Crippen LogP contribution in [0.4, 0.5) is 0 Å². The van der Waals surface area contributed by atoms with E-state index in [0.29, 0.717) is 25.9 Å². The van der Waals surface area contributed by atoms with Crippen LogP contribution in [0.2, 0.25) is 0 Å². The van der Waals surface area contributed by atoms with E-state index in [4.69, 9.17) is 0 Å². The molecule has 0 aliphatic heterocycles. The maximum atomic E-state index is 10.6. The van der Waals surface area contributed by atoms with E-state index in [1.165, 1.54) is 4.90 Å². The van der Waals surface area contributed by atoms with Gasteiger partial charge in [-0.3, -0.25) is 4.90 Å². The molecule has 0 aromatic heterocycles. The molecule has 0 atom stereocenters. The predicted octanol–water partition coefficient (Wildman–Crippen LogP) is -2.02. The van der Waals surface area contributed by atoms with Gasteiger partial charge in [0.2, 0.25) is 0 Å². The number of hydrogen-bond acceptors (Lipinski definition) is 5. The van der Waals surface area contributed by atoms with Gasteiger partial charge in [0.05, 0.1) is 18.0 Å². The highest BCUT2D eigenvalue weighted by Crippen LogP contribution is 2.01. The highest BCUT2D eigenvalue weighted by Gasteiger charge is 2.19. The Morgan fingerprint density at radius 1 is 1.07 bits per heavy atom. The summed E-state index contributed by atoms with van der Waals surface area (Å²) >= 11 is 0.